The number of hydrogen-bond acceptors (Lipinski definition) is 15. The molecule has 0 spiro atoms. The van der Waals surface area contributed by atoms with E-state index in [0.717, 1.165) is 25.7 Å². The maximum Gasteiger partial charge on any atom is 0.407 e. The molecule has 8 heterocycles. The summed E-state index contributed by atoms with van der Waals surface area (Å²) in [7, 11) is 0. The minimum absolute atomic E-state index is 0.0190. The Balaban J connectivity index is 0.000000183. The molecule has 2 aromatic carbocycles. The second-order valence-corrected chi connectivity index (χ2v) is 19.3. The van der Waals surface area contributed by atoms with Crippen LogP contribution >= 0.6 is 0 Å². The lowest BCUT2D eigenvalue weighted by Gasteiger charge is -2.34. The third kappa shape index (κ3) is 9.65. The highest BCUT2D eigenvalue weighted by atomic mass is 19.1. The van der Waals surface area contributed by atoms with E-state index in [1.807, 2.05) is 16.7 Å². The number of carbonyl (C=O) groups excluding carboxylic acids is 3. The highest BCUT2D eigenvalue weighted by Gasteiger charge is 2.35. The number of piperidine rings is 2. The summed E-state index contributed by atoms with van der Waals surface area (Å²) in [6.07, 6.45) is 2.69. The van der Waals surface area contributed by atoms with Gasteiger partial charge >= 0.3 is 6.09 Å². The Hall–Kier alpha value is -8.25. The van der Waals surface area contributed by atoms with E-state index >= 15 is 0 Å². The molecular weight excluding hydrogens is 947 g/mol. The number of anilines is 4. The number of rotatable bonds is 9. The molecule has 2 saturated heterocycles. The SMILES string of the molecule is CCN1C(=O)Cn2c1nc1nc(N3CCC[C@@H](N)C3)n(Cc3cc(F)ccc3C#N)c1c2=O.CCN1C(=O)Cn2c1nc1nc(N3CCC[C@@H](NC(=O)OC(C)(C)C)C3)n(Cc3cc(F)ccc3C#N)c1c2=O. The quantitative estimate of drug-likeness (QED) is 0.210. The molecule has 4 aromatic heterocycles. The van der Waals surface area contributed by atoms with Gasteiger partial charge in [0.25, 0.3) is 11.1 Å². The van der Waals surface area contributed by atoms with Crippen LogP contribution in [0.15, 0.2) is 46.0 Å². The first-order valence-electron chi connectivity index (χ1n) is 24.1. The predicted octanol–water partition coefficient (Wildman–Crippen LogP) is 3.46. The van der Waals surface area contributed by atoms with Crippen molar-refractivity contribution in [2.24, 2.45) is 5.73 Å². The fraction of sp³-hybridized carbons (Fsp3) is 0.449. The average molecular weight is 1000 g/mol. The van der Waals surface area contributed by atoms with E-state index in [1.54, 1.807) is 36.8 Å². The summed E-state index contributed by atoms with van der Waals surface area (Å²) in [5, 5.41) is 22.1. The first-order valence-corrected chi connectivity index (χ1v) is 24.1. The van der Waals surface area contributed by atoms with E-state index < -0.39 is 34.4 Å². The van der Waals surface area contributed by atoms with Crippen molar-refractivity contribution in [2.45, 2.75) is 104 Å². The van der Waals surface area contributed by atoms with Crippen molar-refractivity contribution < 1.29 is 27.9 Å². The molecule has 73 heavy (non-hydrogen) atoms. The largest absolute Gasteiger partial charge is 0.444 e. The van der Waals surface area contributed by atoms with Crippen molar-refractivity contribution in [1.82, 2.24) is 43.5 Å². The Bertz CT molecular complexity index is 3420. The number of nitrogens with zero attached hydrogens (tertiary/aromatic N) is 14. The van der Waals surface area contributed by atoms with Crippen LogP contribution < -0.4 is 41.8 Å². The number of carbonyl (C=O) groups is 3. The van der Waals surface area contributed by atoms with Crippen LogP contribution in [0.5, 0.6) is 0 Å². The second kappa shape index (κ2) is 19.7. The summed E-state index contributed by atoms with van der Waals surface area (Å²) in [6.45, 7) is 11.8. The molecule has 24 heteroatoms. The Kier molecular flexibility index (Phi) is 13.4. The molecule has 3 amide bonds. The zero-order valence-electron chi connectivity index (χ0n) is 41.1. The number of imidazole rings is 2. The van der Waals surface area contributed by atoms with Crippen LogP contribution in [0.25, 0.3) is 22.3 Å². The minimum Gasteiger partial charge on any atom is -0.444 e. The maximum absolute atomic E-state index is 14.2. The number of aromatic nitrogens is 8. The number of nitriles is 2. The van der Waals surface area contributed by atoms with Crippen LogP contribution in [-0.4, -0.2) is 113 Å². The molecule has 3 N–H and O–H groups in total. The molecule has 380 valence electrons. The molecule has 4 aliphatic heterocycles. The summed E-state index contributed by atoms with van der Waals surface area (Å²) >= 11 is 0. The molecule has 2 fully saturated rings. The number of amides is 3. The predicted molar refractivity (Wildman–Crippen MR) is 264 cm³/mol. The lowest BCUT2D eigenvalue weighted by atomic mass is 10.1. The standard InChI is InChI=1S/C27H31FN8O4.C22H23FN8O2/c1-5-34-20(37)15-36-23(38)21-22(32-25(34)36)31-24(35(21)13-17-11-18(28)9-8-16(17)12-29)33-10-6-7-19(14-33)30-26(39)40-27(2,3)4;1-2-29-17(32)12-31-20(33)18-19(27-22(29)31)26-21(28-7-3-4-16(25)11-28)30(18)10-14-8-15(23)6-5-13(14)9-24/h8-9,11,19H,5-7,10,13-15H2,1-4H3,(H,30,39);5-6,8,16H,2-4,7,10-12,25H2,1H3/t19-;16-/m11/s1. The molecule has 6 aromatic rings. The summed E-state index contributed by atoms with van der Waals surface area (Å²) in [4.78, 5) is 89.9. The van der Waals surface area contributed by atoms with Crippen LogP contribution in [0, 0.1) is 34.3 Å². The van der Waals surface area contributed by atoms with Crippen LogP contribution in [0.1, 0.15) is 82.6 Å². The van der Waals surface area contributed by atoms with E-state index in [2.05, 4.69) is 32.4 Å². The van der Waals surface area contributed by atoms with Gasteiger partial charge in [0.15, 0.2) is 22.3 Å². The smallest absolute Gasteiger partial charge is 0.407 e. The molecule has 0 saturated carbocycles. The highest BCUT2D eigenvalue weighted by molar-refractivity contribution is 5.97. The van der Waals surface area contributed by atoms with E-state index in [1.165, 1.54) is 55.3 Å². The van der Waals surface area contributed by atoms with Crippen molar-refractivity contribution in [2.75, 3.05) is 58.9 Å². The summed E-state index contributed by atoms with van der Waals surface area (Å²) in [6, 6.07) is 11.7. The number of hydrogen-bond donors (Lipinski definition) is 2. The van der Waals surface area contributed by atoms with E-state index in [0.29, 0.717) is 67.9 Å². The molecule has 0 unspecified atom stereocenters. The van der Waals surface area contributed by atoms with Gasteiger partial charge in [-0.2, -0.15) is 30.5 Å². The molecule has 22 nitrogen and oxygen atoms in total. The van der Waals surface area contributed by atoms with Crippen molar-refractivity contribution in [3.05, 3.63) is 91.0 Å². The second-order valence-electron chi connectivity index (χ2n) is 19.3. The van der Waals surface area contributed by atoms with E-state index in [9.17, 15) is 43.3 Å². The van der Waals surface area contributed by atoms with Gasteiger partial charge in [0.1, 0.15) is 30.3 Å². The Morgan fingerprint density at radius 2 is 1.18 bits per heavy atom. The average Bonchev–Trinajstić information content (AvgIpc) is 4.08. The van der Waals surface area contributed by atoms with Crippen molar-refractivity contribution in [3.8, 4) is 12.1 Å². The van der Waals surface area contributed by atoms with Gasteiger partial charge in [0, 0.05) is 51.4 Å². The number of nitrogens with two attached hydrogens (primary N) is 1. The zero-order valence-corrected chi connectivity index (χ0v) is 41.1. The van der Waals surface area contributed by atoms with Gasteiger partial charge < -0.3 is 25.6 Å². The molecule has 4 aliphatic rings. The lowest BCUT2D eigenvalue weighted by molar-refractivity contribution is -0.118. The fourth-order valence-electron chi connectivity index (χ4n) is 9.85. The first-order chi connectivity index (χ1) is 34.9. The highest BCUT2D eigenvalue weighted by Crippen LogP contribution is 2.30. The van der Waals surface area contributed by atoms with Crippen molar-refractivity contribution >= 4 is 64.0 Å². The number of nitrogens with one attached hydrogen (secondary N) is 1. The molecule has 0 bridgehead atoms. The van der Waals surface area contributed by atoms with Crippen LogP contribution in [0.2, 0.25) is 0 Å². The molecular formula is C49H54F2N16O6. The molecule has 2 atom stereocenters. The number of halogens is 2. The van der Waals surface area contributed by atoms with Crippen LogP contribution in [0.4, 0.5) is 37.4 Å². The number of alkyl carbamates (subject to hydrolysis) is 1. The minimum atomic E-state index is -0.641. The van der Waals surface area contributed by atoms with Crippen molar-refractivity contribution in [3.63, 3.8) is 0 Å². The van der Waals surface area contributed by atoms with Gasteiger partial charge in [0.05, 0.1) is 36.4 Å². The normalized spacial score (nSPS) is 17.6. The monoisotopic (exact) mass is 1000 g/mol. The molecule has 10 rings (SSSR count). The summed E-state index contributed by atoms with van der Waals surface area (Å²) in [5.74, 6) is -0.0354. The Labute approximate surface area is 416 Å². The third-order valence-electron chi connectivity index (χ3n) is 13.2. The Morgan fingerprint density at radius 1 is 0.726 bits per heavy atom. The molecule has 0 aliphatic carbocycles. The summed E-state index contributed by atoms with van der Waals surface area (Å²) in [5.41, 5.74) is 6.81. The fourth-order valence-corrected chi connectivity index (χ4v) is 9.85. The van der Waals surface area contributed by atoms with Gasteiger partial charge in [0.2, 0.25) is 35.6 Å². The molecule has 0 radical (unpaired) electrons. The maximum atomic E-state index is 14.2. The Morgan fingerprint density at radius 3 is 1.62 bits per heavy atom. The van der Waals surface area contributed by atoms with Crippen LogP contribution in [0.3, 0.4) is 0 Å². The van der Waals surface area contributed by atoms with Crippen LogP contribution in [-0.2, 0) is 40.5 Å². The van der Waals surface area contributed by atoms with Gasteiger partial charge in [-0.1, -0.05) is 0 Å². The van der Waals surface area contributed by atoms with E-state index in [-0.39, 0.29) is 89.9 Å². The van der Waals surface area contributed by atoms with Crippen molar-refractivity contribution in [1.29, 1.82) is 10.5 Å². The number of ether oxygens (including phenoxy) is 1. The number of fused-ring (bicyclic) bond motifs is 4. The van der Waals surface area contributed by atoms with E-state index in [4.69, 9.17) is 15.5 Å². The van der Waals surface area contributed by atoms with Gasteiger partial charge in [-0.05, 0) is 108 Å². The summed E-state index contributed by atoms with van der Waals surface area (Å²) < 4.78 is 39.6. The third-order valence-corrected chi connectivity index (χ3v) is 13.2. The van der Waals surface area contributed by atoms with Gasteiger partial charge in [-0.15, -0.1) is 0 Å². The number of benzene rings is 2. The zero-order chi connectivity index (χ0) is 52.0. The van der Waals surface area contributed by atoms with Gasteiger partial charge in [-0.3, -0.25) is 47.2 Å². The number of likely N-dealkylation sites (N-methyl/N-ethyl adjacent to an activating group) is 2. The lowest BCUT2D eigenvalue weighted by Crippen LogP contribution is -2.49. The first kappa shape index (κ1) is 49.7. The topological polar surface area (TPSA) is 264 Å². The van der Waals surface area contributed by atoms with Gasteiger partial charge in [-0.25, -0.2) is 13.6 Å².